The molecule has 0 saturated heterocycles. The number of hydrogen-bond donors (Lipinski definition) is 0. The molecule has 0 atom stereocenters. The maximum Gasteiger partial charge on any atom is 0.280 e. The SMILES string of the molecule is Cn1nc(-c2nc(C3(c4ccccc4Cl)CC3)no2)cc1C(F)F. The molecule has 0 bridgehead atoms. The predicted molar refractivity (Wildman–Crippen MR) is 82.9 cm³/mol. The summed E-state index contributed by atoms with van der Waals surface area (Å²) in [6.45, 7) is 0. The second-order valence-corrected chi connectivity index (χ2v) is 6.27. The monoisotopic (exact) mass is 350 g/mol. The van der Waals surface area contributed by atoms with Crippen molar-refractivity contribution in [1.29, 1.82) is 0 Å². The van der Waals surface area contributed by atoms with Crippen molar-refractivity contribution >= 4 is 11.6 Å². The van der Waals surface area contributed by atoms with Gasteiger partial charge in [0, 0.05) is 12.1 Å². The average Bonchev–Trinajstić information content (AvgIpc) is 3.02. The highest BCUT2D eigenvalue weighted by Crippen LogP contribution is 2.54. The molecule has 0 N–H and O–H groups in total. The van der Waals surface area contributed by atoms with E-state index in [1.54, 1.807) is 0 Å². The fraction of sp³-hybridized carbons (Fsp3) is 0.312. The third-order valence-corrected chi connectivity index (χ3v) is 4.68. The van der Waals surface area contributed by atoms with Gasteiger partial charge in [-0.25, -0.2) is 8.78 Å². The van der Waals surface area contributed by atoms with Crippen LogP contribution in [0.2, 0.25) is 5.02 Å². The lowest BCUT2D eigenvalue weighted by molar-refractivity contribution is 0.141. The molecule has 3 aromatic rings. The van der Waals surface area contributed by atoms with Gasteiger partial charge >= 0.3 is 0 Å². The van der Waals surface area contributed by atoms with Gasteiger partial charge in [-0.2, -0.15) is 10.1 Å². The van der Waals surface area contributed by atoms with Crippen LogP contribution in [-0.2, 0) is 12.5 Å². The standard InChI is InChI=1S/C16H13ClF2N4O/c1-23-12(13(18)19)8-11(21-23)14-20-15(22-24-14)16(6-7-16)9-4-2-3-5-10(9)17/h2-5,8,13H,6-7H2,1H3. The molecule has 1 aliphatic rings. The van der Waals surface area contributed by atoms with E-state index < -0.39 is 6.43 Å². The van der Waals surface area contributed by atoms with E-state index in [9.17, 15) is 8.78 Å². The summed E-state index contributed by atoms with van der Waals surface area (Å²) in [5.74, 6) is 0.640. The Bertz CT molecular complexity index is 901. The number of aromatic nitrogens is 4. The Morgan fingerprint density at radius 3 is 2.67 bits per heavy atom. The lowest BCUT2D eigenvalue weighted by Crippen LogP contribution is -2.11. The van der Waals surface area contributed by atoms with Gasteiger partial charge < -0.3 is 4.52 Å². The molecule has 1 aliphatic carbocycles. The lowest BCUT2D eigenvalue weighted by atomic mass is 9.95. The van der Waals surface area contributed by atoms with Gasteiger partial charge in [-0.05, 0) is 30.5 Å². The highest BCUT2D eigenvalue weighted by atomic mass is 35.5. The first kappa shape index (κ1) is 15.3. The number of halogens is 3. The number of aryl methyl sites for hydroxylation is 1. The van der Waals surface area contributed by atoms with Crippen LogP contribution in [0.25, 0.3) is 11.6 Å². The van der Waals surface area contributed by atoms with Crippen molar-refractivity contribution in [3.63, 3.8) is 0 Å². The maximum absolute atomic E-state index is 12.9. The molecule has 0 radical (unpaired) electrons. The van der Waals surface area contributed by atoms with E-state index in [1.807, 2.05) is 24.3 Å². The largest absolute Gasteiger partial charge is 0.332 e. The number of benzene rings is 1. The van der Waals surface area contributed by atoms with Gasteiger partial charge in [-0.1, -0.05) is 35.0 Å². The number of alkyl halides is 2. The molecular formula is C16H13ClF2N4O. The summed E-state index contributed by atoms with van der Waals surface area (Å²) in [7, 11) is 1.45. The molecule has 0 aliphatic heterocycles. The van der Waals surface area contributed by atoms with Crippen LogP contribution in [0.5, 0.6) is 0 Å². The Balaban J connectivity index is 1.71. The Kier molecular flexibility index (Phi) is 3.42. The summed E-state index contributed by atoms with van der Waals surface area (Å²) in [5.41, 5.74) is 0.632. The lowest BCUT2D eigenvalue weighted by Gasteiger charge is -2.12. The molecular weight excluding hydrogens is 338 g/mol. The molecule has 4 rings (SSSR count). The topological polar surface area (TPSA) is 56.7 Å². The van der Waals surface area contributed by atoms with Crippen LogP contribution in [0.4, 0.5) is 8.78 Å². The van der Waals surface area contributed by atoms with Crippen LogP contribution in [0.1, 0.15) is 36.3 Å². The second kappa shape index (κ2) is 5.37. The van der Waals surface area contributed by atoms with E-state index in [-0.39, 0.29) is 22.7 Å². The minimum absolute atomic E-state index is 0.130. The zero-order valence-electron chi connectivity index (χ0n) is 12.7. The summed E-state index contributed by atoms with van der Waals surface area (Å²) < 4.78 is 32.1. The van der Waals surface area contributed by atoms with Crippen molar-refractivity contribution < 1.29 is 13.3 Å². The van der Waals surface area contributed by atoms with E-state index in [4.69, 9.17) is 16.1 Å². The Morgan fingerprint density at radius 2 is 2.04 bits per heavy atom. The van der Waals surface area contributed by atoms with Gasteiger partial charge in [-0.3, -0.25) is 4.68 Å². The zero-order valence-corrected chi connectivity index (χ0v) is 13.5. The van der Waals surface area contributed by atoms with Crippen LogP contribution < -0.4 is 0 Å². The molecule has 2 heterocycles. The molecule has 124 valence electrons. The van der Waals surface area contributed by atoms with Gasteiger partial charge in [0.05, 0.1) is 5.41 Å². The quantitative estimate of drug-likeness (QED) is 0.709. The average molecular weight is 351 g/mol. The van der Waals surface area contributed by atoms with Crippen LogP contribution in [0, 0.1) is 0 Å². The number of hydrogen-bond acceptors (Lipinski definition) is 4. The first-order valence-corrected chi connectivity index (χ1v) is 7.81. The predicted octanol–water partition coefficient (Wildman–Crippen LogP) is 4.14. The van der Waals surface area contributed by atoms with Gasteiger partial charge in [0.1, 0.15) is 5.69 Å². The van der Waals surface area contributed by atoms with Crippen molar-refractivity contribution in [2.75, 3.05) is 0 Å². The zero-order chi connectivity index (χ0) is 16.9. The highest BCUT2D eigenvalue weighted by molar-refractivity contribution is 6.31. The molecule has 0 spiro atoms. The van der Waals surface area contributed by atoms with Gasteiger partial charge in [0.2, 0.25) is 0 Å². The third-order valence-electron chi connectivity index (χ3n) is 4.35. The molecule has 1 fully saturated rings. The van der Waals surface area contributed by atoms with Crippen molar-refractivity contribution in [2.45, 2.75) is 24.7 Å². The summed E-state index contributed by atoms with van der Waals surface area (Å²) in [6, 6.07) is 8.81. The molecule has 5 nitrogen and oxygen atoms in total. The van der Waals surface area contributed by atoms with Crippen molar-refractivity contribution in [2.24, 2.45) is 7.05 Å². The number of nitrogens with zero attached hydrogens (tertiary/aromatic N) is 4. The van der Waals surface area contributed by atoms with Crippen LogP contribution >= 0.6 is 11.6 Å². The third kappa shape index (κ3) is 2.31. The fourth-order valence-electron chi connectivity index (χ4n) is 2.90. The van der Waals surface area contributed by atoms with Gasteiger partial charge in [0.25, 0.3) is 12.3 Å². The minimum atomic E-state index is -2.61. The van der Waals surface area contributed by atoms with Gasteiger partial charge in [0.15, 0.2) is 11.5 Å². The molecule has 8 heteroatoms. The molecule has 2 aromatic heterocycles. The summed E-state index contributed by atoms with van der Waals surface area (Å²) in [6.07, 6.45) is -0.892. The smallest absolute Gasteiger partial charge is 0.280 e. The summed E-state index contributed by atoms with van der Waals surface area (Å²) in [5, 5.41) is 8.72. The van der Waals surface area contributed by atoms with E-state index in [0.717, 1.165) is 23.1 Å². The molecule has 0 unspecified atom stereocenters. The van der Waals surface area contributed by atoms with E-state index in [2.05, 4.69) is 15.2 Å². The molecule has 1 saturated carbocycles. The highest BCUT2D eigenvalue weighted by Gasteiger charge is 2.51. The van der Waals surface area contributed by atoms with E-state index in [1.165, 1.54) is 13.1 Å². The Labute approximate surface area is 141 Å². The fourth-order valence-corrected chi connectivity index (χ4v) is 3.22. The normalized spacial score (nSPS) is 15.9. The maximum atomic E-state index is 12.9. The molecule has 0 amide bonds. The summed E-state index contributed by atoms with van der Waals surface area (Å²) >= 11 is 6.30. The van der Waals surface area contributed by atoms with Crippen LogP contribution in [-0.4, -0.2) is 19.9 Å². The van der Waals surface area contributed by atoms with Gasteiger partial charge in [-0.15, -0.1) is 0 Å². The second-order valence-electron chi connectivity index (χ2n) is 5.86. The first-order valence-electron chi connectivity index (χ1n) is 7.43. The van der Waals surface area contributed by atoms with Crippen molar-refractivity contribution in [1.82, 2.24) is 19.9 Å². The van der Waals surface area contributed by atoms with Crippen molar-refractivity contribution in [3.05, 3.63) is 52.4 Å². The van der Waals surface area contributed by atoms with E-state index in [0.29, 0.717) is 10.8 Å². The van der Waals surface area contributed by atoms with Crippen molar-refractivity contribution in [3.8, 4) is 11.6 Å². The Morgan fingerprint density at radius 1 is 1.29 bits per heavy atom. The number of rotatable bonds is 4. The first-order chi connectivity index (χ1) is 11.5. The molecule has 1 aromatic carbocycles. The minimum Gasteiger partial charge on any atom is -0.332 e. The van der Waals surface area contributed by atoms with Crippen LogP contribution in [0.15, 0.2) is 34.9 Å². The summed E-state index contributed by atoms with van der Waals surface area (Å²) in [4.78, 5) is 4.39. The van der Waals surface area contributed by atoms with E-state index >= 15 is 0 Å². The molecule has 24 heavy (non-hydrogen) atoms. The Hall–Kier alpha value is -2.28. The van der Waals surface area contributed by atoms with Crippen LogP contribution in [0.3, 0.4) is 0 Å².